The quantitative estimate of drug-likeness (QED) is 0.587. The van der Waals surface area contributed by atoms with Crippen molar-refractivity contribution in [3.8, 4) is 0 Å². The number of nitrogens with two attached hydrogens (primary N) is 1. The van der Waals surface area contributed by atoms with Crippen molar-refractivity contribution in [2.45, 2.75) is 64.8 Å². The van der Waals surface area contributed by atoms with Gasteiger partial charge < -0.3 is 20.9 Å². The minimum absolute atomic E-state index is 0. The second-order valence-electron chi connectivity index (χ2n) is 6.50. The average molecular weight is 391 g/mol. The third kappa shape index (κ3) is 8.36. The van der Waals surface area contributed by atoms with Gasteiger partial charge in [0.1, 0.15) is 0 Å². The third-order valence-electron chi connectivity index (χ3n) is 4.75. The summed E-state index contributed by atoms with van der Waals surface area (Å²) in [4.78, 5) is 39.8. The zero-order valence-corrected chi connectivity index (χ0v) is 17.0. The molecule has 0 aromatic carbocycles. The minimum Gasteiger partial charge on any atom is -0.354 e. The van der Waals surface area contributed by atoms with Gasteiger partial charge in [0.25, 0.3) is 0 Å². The lowest BCUT2D eigenvalue weighted by atomic mass is 10.0. The zero-order valence-electron chi connectivity index (χ0n) is 16.2. The summed E-state index contributed by atoms with van der Waals surface area (Å²) in [6.07, 6.45) is 4.68. The summed E-state index contributed by atoms with van der Waals surface area (Å²) in [6.45, 7) is 6.90. The standard InChI is InChI=1S/C18H34N4O3.ClH/c1-3-21(4-2)17(24)9-7-10-18(25)22-13-6-5-8-15(22)14-20-16(23)11-12-19;/h15H,3-14,19H2,1-2H3,(H,20,23);1H. The molecule has 26 heavy (non-hydrogen) atoms. The predicted molar refractivity (Wildman–Crippen MR) is 105 cm³/mol. The molecule has 3 N–H and O–H groups in total. The number of nitrogens with one attached hydrogen (secondary N) is 1. The third-order valence-corrected chi connectivity index (χ3v) is 4.75. The fourth-order valence-electron chi connectivity index (χ4n) is 3.26. The van der Waals surface area contributed by atoms with Crippen LogP contribution in [0.5, 0.6) is 0 Å². The van der Waals surface area contributed by atoms with Gasteiger partial charge in [0, 0.05) is 58.0 Å². The Bertz CT molecular complexity index is 444. The van der Waals surface area contributed by atoms with Gasteiger partial charge in [-0.25, -0.2) is 0 Å². The van der Waals surface area contributed by atoms with Gasteiger partial charge in [0.2, 0.25) is 17.7 Å². The Hall–Kier alpha value is -1.34. The van der Waals surface area contributed by atoms with E-state index in [2.05, 4.69) is 5.32 Å². The van der Waals surface area contributed by atoms with Crippen LogP contribution in [0.4, 0.5) is 0 Å². The highest BCUT2D eigenvalue weighted by molar-refractivity contribution is 5.85. The number of carbonyl (C=O) groups is 3. The fourth-order valence-corrected chi connectivity index (χ4v) is 3.26. The number of likely N-dealkylation sites (tertiary alicyclic amines) is 1. The first-order valence-electron chi connectivity index (χ1n) is 9.57. The summed E-state index contributed by atoms with van der Waals surface area (Å²) < 4.78 is 0. The van der Waals surface area contributed by atoms with E-state index in [-0.39, 0.29) is 36.2 Å². The maximum absolute atomic E-state index is 12.5. The van der Waals surface area contributed by atoms with Crippen LogP contribution in [0.3, 0.4) is 0 Å². The number of amides is 3. The van der Waals surface area contributed by atoms with E-state index in [4.69, 9.17) is 5.73 Å². The molecule has 0 bridgehead atoms. The molecule has 152 valence electrons. The first kappa shape index (κ1) is 24.7. The zero-order chi connectivity index (χ0) is 18.7. The predicted octanol–water partition coefficient (Wildman–Crippen LogP) is 1.29. The second kappa shape index (κ2) is 13.8. The molecule has 1 saturated heterocycles. The van der Waals surface area contributed by atoms with E-state index < -0.39 is 0 Å². The Labute approximate surface area is 163 Å². The molecular formula is C18H35ClN4O3. The normalized spacial score (nSPS) is 16.6. The van der Waals surface area contributed by atoms with Gasteiger partial charge in [0.15, 0.2) is 0 Å². The van der Waals surface area contributed by atoms with E-state index >= 15 is 0 Å². The lowest BCUT2D eigenvalue weighted by Crippen LogP contribution is -2.49. The van der Waals surface area contributed by atoms with Crippen molar-refractivity contribution < 1.29 is 14.4 Å². The molecule has 1 rings (SSSR count). The molecule has 8 heteroatoms. The summed E-state index contributed by atoms with van der Waals surface area (Å²) in [5.41, 5.74) is 5.38. The molecule has 0 aliphatic carbocycles. The molecule has 1 atom stereocenters. The molecular weight excluding hydrogens is 356 g/mol. The lowest BCUT2D eigenvalue weighted by Gasteiger charge is -2.36. The van der Waals surface area contributed by atoms with Crippen LogP contribution in [0, 0.1) is 0 Å². The molecule has 0 aromatic heterocycles. The Morgan fingerprint density at radius 1 is 1.12 bits per heavy atom. The van der Waals surface area contributed by atoms with Crippen LogP contribution < -0.4 is 11.1 Å². The van der Waals surface area contributed by atoms with Gasteiger partial charge in [0.05, 0.1) is 0 Å². The van der Waals surface area contributed by atoms with E-state index in [1.807, 2.05) is 18.7 Å². The summed E-state index contributed by atoms with van der Waals surface area (Å²) in [6, 6.07) is 0.0569. The molecule has 7 nitrogen and oxygen atoms in total. The molecule has 3 amide bonds. The van der Waals surface area contributed by atoms with Crippen molar-refractivity contribution in [2.24, 2.45) is 5.73 Å². The molecule has 0 spiro atoms. The van der Waals surface area contributed by atoms with E-state index in [1.54, 1.807) is 4.90 Å². The lowest BCUT2D eigenvalue weighted by molar-refractivity contribution is -0.136. The van der Waals surface area contributed by atoms with Crippen LogP contribution in [0.1, 0.15) is 58.8 Å². The highest BCUT2D eigenvalue weighted by Crippen LogP contribution is 2.18. The van der Waals surface area contributed by atoms with E-state index in [0.717, 1.165) is 25.8 Å². The smallest absolute Gasteiger partial charge is 0.222 e. The van der Waals surface area contributed by atoms with Crippen molar-refractivity contribution >= 4 is 30.1 Å². The van der Waals surface area contributed by atoms with Crippen LogP contribution in [0.25, 0.3) is 0 Å². The van der Waals surface area contributed by atoms with Crippen molar-refractivity contribution in [1.29, 1.82) is 0 Å². The largest absolute Gasteiger partial charge is 0.354 e. The molecule has 0 saturated carbocycles. The molecule has 1 aliphatic heterocycles. The van der Waals surface area contributed by atoms with Crippen LogP contribution in [-0.2, 0) is 14.4 Å². The fraction of sp³-hybridized carbons (Fsp3) is 0.833. The maximum atomic E-state index is 12.5. The summed E-state index contributed by atoms with van der Waals surface area (Å²) in [5, 5.41) is 2.87. The Morgan fingerprint density at radius 2 is 1.81 bits per heavy atom. The average Bonchev–Trinajstić information content (AvgIpc) is 2.61. The first-order valence-corrected chi connectivity index (χ1v) is 9.57. The topological polar surface area (TPSA) is 95.7 Å². The highest BCUT2D eigenvalue weighted by atomic mass is 35.5. The van der Waals surface area contributed by atoms with Gasteiger partial charge in [-0.15, -0.1) is 12.4 Å². The van der Waals surface area contributed by atoms with E-state index in [1.165, 1.54) is 0 Å². The maximum Gasteiger partial charge on any atom is 0.222 e. The number of rotatable bonds is 10. The monoisotopic (exact) mass is 390 g/mol. The number of carbonyl (C=O) groups excluding carboxylic acids is 3. The number of nitrogens with zero attached hydrogens (tertiary/aromatic N) is 2. The molecule has 1 aliphatic rings. The second-order valence-corrected chi connectivity index (χ2v) is 6.50. The van der Waals surface area contributed by atoms with Crippen molar-refractivity contribution in [1.82, 2.24) is 15.1 Å². The number of hydrogen-bond acceptors (Lipinski definition) is 4. The summed E-state index contributed by atoms with van der Waals surface area (Å²) in [5.74, 6) is 0.137. The van der Waals surface area contributed by atoms with Crippen molar-refractivity contribution in [3.05, 3.63) is 0 Å². The van der Waals surface area contributed by atoms with Gasteiger partial charge >= 0.3 is 0 Å². The molecule has 1 fully saturated rings. The molecule has 1 unspecified atom stereocenters. The molecule has 0 radical (unpaired) electrons. The Balaban J connectivity index is 0.00000625. The minimum atomic E-state index is -0.0645. The van der Waals surface area contributed by atoms with Crippen LogP contribution >= 0.6 is 12.4 Å². The first-order chi connectivity index (χ1) is 12.0. The Morgan fingerprint density at radius 3 is 2.42 bits per heavy atom. The van der Waals surface area contributed by atoms with Gasteiger partial charge in [-0.3, -0.25) is 14.4 Å². The SMILES string of the molecule is CCN(CC)C(=O)CCCC(=O)N1CCCCC1CNC(=O)CCN.Cl. The van der Waals surface area contributed by atoms with Gasteiger partial charge in [-0.05, 0) is 39.5 Å². The molecule has 0 aromatic rings. The highest BCUT2D eigenvalue weighted by Gasteiger charge is 2.26. The van der Waals surface area contributed by atoms with E-state index in [9.17, 15) is 14.4 Å². The van der Waals surface area contributed by atoms with Crippen LogP contribution in [0.2, 0.25) is 0 Å². The number of halogens is 1. The number of piperidine rings is 1. The Kier molecular flexibility index (Phi) is 13.1. The summed E-state index contributed by atoms with van der Waals surface area (Å²) in [7, 11) is 0. The van der Waals surface area contributed by atoms with Gasteiger partial charge in [-0.2, -0.15) is 0 Å². The van der Waals surface area contributed by atoms with Crippen LogP contribution in [-0.4, -0.2) is 66.3 Å². The summed E-state index contributed by atoms with van der Waals surface area (Å²) >= 11 is 0. The van der Waals surface area contributed by atoms with Crippen molar-refractivity contribution in [2.75, 3.05) is 32.7 Å². The van der Waals surface area contributed by atoms with Crippen molar-refractivity contribution in [3.63, 3.8) is 0 Å². The van der Waals surface area contributed by atoms with Crippen LogP contribution in [0.15, 0.2) is 0 Å². The van der Waals surface area contributed by atoms with Gasteiger partial charge in [-0.1, -0.05) is 0 Å². The van der Waals surface area contributed by atoms with E-state index in [0.29, 0.717) is 51.9 Å². The number of hydrogen-bond donors (Lipinski definition) is 2. The molecule has 1 heterocycles.